The minimum atomic E-state index is -1.32. The molecule has 0 aromatic heterocycles. The van der Waals surface area contributed by atoms with Gasteiger partial charge in [0.2, 0.25) is 17.7 Å². The van der Waals surface area contributed by atoms with Crippen molar-refractivity contribution >= 4 is 23.7 Å². The van der Waals surface area contributed by atoms with Crippen molar-refractivity contribution in [1.82, 2.24) is 15.1 Å². The van der Waals surface area contributed by atoms with Crippen LogP contribution in [0.5, 0.6) is 0 Å². The second kappa shape index (κ2) is 12.9. The van der Waals surface area contributed by atoms with Crippen molar-refractivity contribution in [2.45, 2.75) is 96.1 Å². The second-order valence-electron chi connectivity index (χ2n) is 11.6. The normalized spacial score (nSPS) is 35.0. The highest BCUT2D eigenvalue weighted by molar-refractivity contribution is 5.99. The van der Waals surface area contributed by atoms with Gasteiger partial charge in [-0.25, -0.2) is 0 Å². The van der Waals surface area contributed by atoms with Crippen molar-refractivity contribution < 1.29 is 33.8 Å². The molecule has 4 rings (SSSR count). The molecule has 0 aromatic carbocycles. The van der Waals surface area contributed by atoms with Gasteiger partial charge in [-0.15, -0.1) is 0 Å². The summed E-state index contributed by atoms with van der Waals surface area (Å²) >= 11 is 0. The molecule has 0 aromatic rings. The van der Waals surface area contributed by atoms with Crippen molar-refractivity contribution in [2.75, 3.05) is 26.2 Å². The van der Waals surface area contributed by atoms with E-state index in [9.17, 15) is 24.3 Å². The maximum atomic E-state index is 14.5. The van der Waals surface area contributed by atoms with Crippen LogP contribution in [-0.4, -0.2) is 94.7 Å². The molecule has 8 atom stereocenters. The average Bonchev–Trinajstić information content (AvgIpc) is 3.58. The van der Waals surface area contributed by atoms with E-state index in [1.54, 1.807) is 24.0 Å². The van der Waals surface area contributed by atoms with E-state index in [1.165, 1.54) is 4.90 Å². The minimum absolute atomic E-state index is 0.0824. The molecule has 2 N–H and O–H groups in total. The van der Waals surface area contributed by atoms with Gasteiger partial charge in [0.1, 0.15) is 23.7 Å². The number of hydrogen-bond donors (Lipinski definition) is 2. The highest BCUT2D eigenvalue weighted by atomic mass is 16.6. The fourth-order valence-electron chi connectivity index (χ4n) is 6.54. The van der Waals surface area contributed by atoms with Crippen LogP contribution in [0.3, 0.4) is 0 Å². The molecular formula is C30H45N3O7. The molecule has 222 valence electrons. The summed E-state index contributed by atoms with van der Waals surface area (Å²) in [6, 6.07) is -1.62. The van der Waals surface area contributed by atoms with Gasteiger partial charge in [-0.3, -0.25) is 19.2 Å². The smallest absolute Gasteiger partial charge is 0.313 e. The van der Waals surface area contributed by atoms with Crippen LogP contribution in [0.2, 0.25) is 0 Å². The Morgan fingerprint density at radius 3 is 2.62 bits per heavy atom. The molecule has 5 bridgehead atoms. The van der Waals surface area contributed by atoms with Crippen LogP contribution in [0, 0.1) is 17.8 Å². The number of carbonyl (C=O) groups excluding carboxylic acids is 4. The number of hydrogen-bond acceptors (Lipinski definition) is 7. The lowest BCUT2D eigenvalue weighted by molar-refractivity contribution is -0.159. The summed E-state index contributed by atoms with van der Waals surface area (Å²) in [7, 11) is 0. The first kappa shape index (κ1) is 30.2. The predicted molar refractivity (Wildman–Crippen MR) is 148 cm³/mol. The van der Waals surface area contributed by atoms with Gasteiger partial charge in [0.15, 0.2) is 0 Å². The molecule has 3 amide bonds. The Balaban J connectivity index is 1.79. The van der Waals surface area contributed by atoms with E-state index in [2.05, 4.69) is 12.2 Å². The first-order valence-electron chi connectivity index (χ1n) is 14.9. The number of carbonyl (C=O) groups is 4. The van der Waals surface area contributed by atoms with Crippen LogP contribution in [0.4, 0.5) is 0 Å². The zero-order chi connectivity index (χ0) is 29.0. The molecule has 0 saturated carbocycles. The highest BCUT2D eigenvalue weighted by Gasteiger charge is 2.74. The number of likely N-dealkylation sites (tertiary alicyclic amines) is 1. The van der Waals surface area contributed by atoms with Gasteiger partial charge in [0.05, 0.1) is 31.2 Å². The monoisotopic (exact) mass is 559 g/mol. The van der Waals surface area contributed by atoms with Crippen LogP contribution in [0.1, 0.15) is 66.2 Å². The van der Waals surface area contributed by atoms with Gasteiger partial charge in [0.25, 0.3) is 0 Å². The van der Waals surface area contributed by atoms with E-state index < -0.39 is 47.7 Å². The molecule has 10 heteroatoms. The third kappa shape index (κ3) is 5.57. The van der Waals surface area contributed by atoms with Crippen LogP contribution in [0.25, 0.3) is 0 Å². The van der Waals surface area contributed by atoms with E-state index in [0.29, 0.717) is 25.9 Å². The number of esters is 1. The maximum absolute atomic E-state index is 14.5. The zero-order valence-electron chi connectivity index (χ0n) is 24.2. The molecular weight excluding hydrogens is 514 g/mol. The van der Waals surface area contributed by atoms with E-state index in [-0.39, 0.29) is 43.2 Å². The van der Waals surface area contributed by atoms with Crippen molar-refractivity contribution in [3.63, 3.8) is 0 Å². The Labute approximate surface area is 237 Å². The first-order chi connectivity index (χ1) is 19.2. The van der Waals surface area contributed by atoms with Gasteiger partial charge < -0.3 is 29.7 Å². The van der Waals surface area contributed by atoms with Crippen LogP contribution < -0.4 is 5.32 Å². The van der Waals surface area contributed by atoms with Gasteiger partial charge in [-0.2, -0.15) is 0 Å². The lowest BCUT2D eigenvalue weighted by atomic mass is 9.74. The van der Waals surface area contributed by atoms with E-state index in [1.807, 2.05) is 26.0 Å². The number of aliphatic hydroxyl groups excluding tert-OH is 1. The number of fused-ring (bicyclic) bond motifs is 2. The lowest BCUT2D eigenvalue weighted by Gasteiger charge is -2.40. The molecule has 0 aliphatic carbocycles. The number of rotatable bonds is 8. The Hall–Kier alpha value is -2.72. The number of allylic oxidation sites excluding steroid dienone is 1. The van der Waals surface area contributed by atoms with Crippen LogP contribution in [-0.2, 0) is 28.7 Å². The van der Waals surface area contributed by atoms with Crippen molar-refractivity contribution in [1.29, 1.82) is 0 Å². The molecule has 0 radical (unpaired) electrons. The fourth-order valence-corrected chi connectivity index (χ4v) is 6.54. The summed E-state index contributed by atoms with van der Waals surface area (Å²) in [5, 5.41) is 13.3. The Morgan fingerprint density at radius 2 is 1.93 bits per heavy atom. The Kier molecular flexibility index (Phi) is 9.72. The van der Waals surface area contributed by atoms with Gasteiger partial charge >= 0.3 is 5.97 Å². The molecule has 10 nitrogen and oxygen atoms in total. The third-order valence-corrected chi connectivity index (χ3v) is 8.94. The largest absolute Gasteiger partial charge is 0.460 e. The summed E-state index contributed by atoms with van der Waals surface area (Å²) in [6.07, 6.45) is 10.3. The number of cyclic esters (lactones) is 1. The number of ether oxygens (including phenoxy) is 2. The summed E-state index contributed by atoms with van der Waals surface area (Å²) in [5.41, 5.74) is -1.32. The molecule has 0 unspecified atom stereocenters. The summed E-state index contributed by atoms with van der Waals surface area (Å²) in [4.78, 5) is 57.9. The van der Waals surface area contributed by atoms with E-state index >= 15 is 0 Å². The molecule has 4 aliphatic rings. The van der Waals surface area contributed by atoms with Crippen molar-refractivity contribution in [3.8, 4) is 0 Å². The third-order valence-electron chi connectivity index (χ3n) is 8.94. The van der Waals surface area contributed by atoms with Crippen molar-refractivity contribution in [2.24, 2.45) is 17.8 Å². The quantitative estimate of drug-likeness (QED) is 0.265. The molecule has 4 aliphatic heterocycles. The van der Waals surface area contributed by atoms with Gasteiger partial charge in [-0.1, -0.05) is 64.3 Å². The number of aliphatic hydroxyl groups is 1. The molecule has 1 spiro atoms. The SMILES string of the molecule is CCCCCN1C/C=C\CCC(=O)NC[C@@H](C)OC(=O)[C@@H]2[C@@H]3C=C[C@]4(O3)[C@H](C1=O)N([C@@H](CO)[C@@H](C)CC)C(=O)[C@@H]24. The van der Waals surface area contributed by atoms with Gasteiger partial charge in [0, 0.05) is 19.5 Å². The summed E-state index contributed by atoms with van der Waals surface area (Å²) in [5.74, 6) is -3.29. The molecule has 2 saturated heterocycles. The summed E-state index contributed by atoms with van der Waals surface area (Å²) < 4.78 is 12.1. The Morgan fingerprint density at radius 1 is 1.15 bits per heavy atom. The number of amides is 3. The zero-order valence-corrected chi connectivity index (χ0v) is 24.2. The minimum Gasteiger partial charge on any atom is -0.460 e. The van der Waals surface area contributed by atoms with Gasteiger partial charge in [-0.05, 0) is 25.7 Å². The fraction of sp³-hybridized carbons (Fsp3) is 0.733. The van der Waals surface area contributed by atoms with Crippen LogP contribution >= 0.6 is 0 Å². The number of nitrogens with one attached hydrogen (secondary N) is 1. The van der Waals surface area contributed by atoms with Crippen LogP contribution in [0.15, 0.2) is 24.3 Å². The predicted octanol–water partition coefficient (Wildman–Crippen LogP) is 1.96. The molecule has 4 heterocycles. The topological polar surface area (TPSA) is 125 Å². The van der Waals surface area contributed by atoms with Crippen molar-refractivity contribution in [3.05, 3.63) is 24.3 Å². The van der Waals surface area contributed by atoms with E-state index in [4.69, 9.17) is 9.47 Å². The Bertz CT molecular complexity index is 1030. The van der Waals surface area contributed by atoms with E-state index in [0.717, 1.165) is 19.3 Å². The maximum Gasteiger partial charge on any atom is 0.313 e. The number of nitrogens with zero attached hydrogens (tertiary/aromatic N) is 2. The number of unbranched alkanes of at least 4 members (excludes halogenated alkanes) is 2. The standard InChI is InChI=1S/C30H45N3O7/c1-5-7-10-15-32-16-11-8-9-12-23(35)31-17-20(4)39-29(38)24-22-13-14-30(40-22)25(24)27(36)33(26(30)28(32)37)21(18-34)19(3)6-2/h8,11,13-14,19-22,24-26,34H,5-7,9-10,12,15-18H2,1-4H3,(H,31,35)/b11-8-/t19-,20+,21-,22-,24+,25+,26-,30+/m0/s1. The second-order valence-corrected chi connectivity index (χ2v) is 11.6. The average molecular weight is 560 g/mol. The summed E-state index contributed by atoms with van der Waals surface area (Å²) in [6.45, 7) is 8.41. The highest BCUT2D eigenvalue weighted by Crippen LogP contribution is 2.56. The molecule has 40 heavy (non-hydrogen) atoms. The lowest BCUT2D eigenvalue weighted by Crippen LogP contribution is -2.59. The molecule has 2 fully saturated rings. The first-order valence-corrected chi connectivity index (χ1v) is 14.9.